The van der Waals surface area contributed by atoms with Crippen molar-refractivity contribution in [2.75, 3.05) is 40.3 Å². The fourth-order valence-electron chi connectivity index (χ4n) is 3.32. The van der Waals surface area contributed by atoms with Gasteiger partial charge in [0.15, 0.2) is 0 Å². The molecule has 1 fully saturated rings. The Kier molecular flexibility index (Phi) is 5.80. The molecule has 0 saturated carbocycles. The second kappa shape index (κ2) is 7.39. The molecule has 2 rings (SSSR count). The summed E-state index contributed by atoms with van der Waals surface area (Å²) in [7, 11) is 4.31. The minimum Gasteiger partial charge on any atom is -0.309 e. The average molecular weight is 289 g/mol. The Morgan fingerprint density at radius 2 is 2.00 bits per heavy atom. The minimum atomic E-state index is 0.0745. The molecule has 0 spiro atoms. The second-order valence-corrected chi connectivity index (χ2v) is 6.77. The molecule has 3 heteroatoms. The minimum absolute atomic E-state index is 0.0745. The number of benzene rings is 1. The molecule has 1 aromatic carbocycles. The van der Waals surface area contributed by atoms with E-state index in [1.165, 1.54) is 31.5 Å². The van der Waals surface area contributed by atoms with Crippen LogP contribution in [0.25, 0.3) is 0 Å². The number of nitrogens with zero attached hydrogens (tertiary/aromatic N) is 2. The molecule has 21 heavy (non-hydrogen) atoms. The highest BCUT2D eigenvalue weighted by Gasteiger charge is 2.35. The van der Waals surface area contributed by atoms with Gasteiger partial charge in [-0.2, -0.15) is 0 Å². The van der Waals surface area contributed by atoms with Crippen LogP contribution < -0.4 is 5.32 Å². The van der Waals surface area contributed by atoms with Crippen LogP contribution >= 0.6 is 0 Å². The van der Waals surface area contributed by atoms with Crippen molar-refractivity contribution in [2.24, 2.45) is 0 Å². The van der Waals surface area contributed by atoms with Gasteiger partial charge in [0.2, 0.25) is 0 Å². The first-order chi connectivity index (χ1) is 10.0. The van der Waals surface area contributed by atoms with Gasteiger partial charge in [-0.1, -0.05) is 37.3 Å². The molecule has 118 valence electrons. The number of rotatable bonds is 6. The molecule has 0 bridgehead atoms. The van der Waals surface area contributed by atoms with Crippen molar-refractivity contribution in [3.05, 3.63) is 35.9 Å². The van der Waals surface area contributed by atoms with Gasteiger partial charge in [0.05, 0.1) is 5.54 Å². The van der Waals surface area contributed by atoms with Crippen molar-refractivity contribution >= 4 is 0 Å². The molecule has 0 aromatic heterocycles. The van der Waals surface area contributed by atoms with Crippen LogP contribution in [0.4, 0.5) is 0 Å². The van der Waals surface area contributed by atoms with E-state index in [1.54, 1.807) is 0 Å². The summed E-state index contributed by atoms with van der Waals surface area (Å²) in [6, 6.07) is 11.5. The van der Waals surface area contributed by atoms with Gasteiger partial charge < -0.3 is 10.2 Å². The standard InChI is InChI=1S/C18H31N3/c1-5-17-14-19-18(2,16-10-7-6-8-11-16)15-21(17)13-9-12-20(3)4/h6-8,10-11,17,19H,5,9,12-15H2,1-4H3. The molecule has 2 unspecified atom stereocenters. The number of hydrogen-bond acceptors (Lipinski definition) is 3. The summed E-state index contributed by atoms with van der Waals surface area (Å²) in [5.74, 6) is 0. The molecule has 0 aliphatic carbocycles. The van der Waals surface area contributed by atoms with Crippen molar-refractivity contribution in [2.45, 2.75) is 38.3 Å². The summed E-state index contributed by atoms with van der Waals surface area (Å²) >= 11 is 0. The molecule has 1 aromatic rings. The third kappa shape index (κ3) is 4.29. The van der Waals surface area contributed by atoms with E-state index in [4.69, 9.17) is 0 Å². The molecule has 0 radical (unpaired) electrons. The lowest BCUT2D eigenvalue weighted by molar-refractivity contribution is 0.0801. The Bertz CT molecular complexity index is 418. The van der Waals surface area contributed by atoms with E-state index in [1.807, 2.05) is 0 Å². The van der Waals surface area contributed by atoms with Gasteiger partial charge in [-0.25, -0.2) is 0 Å². The van der Waals surface area contributed by atoms with Crippen molar-refractivity contribution in [3.8, 4) is 0 Å². The molecule has 2 atom stereocenters. The molecule has 1 aliphatic rings. The number of piperazine rings is 1. The van der Waals surface area contributed by atoms with Crippen molar-refractivity contribution in [1.82, 2.24) is 15.1 Å². The molecule has 1 N–H and O–H groups in total. The molecular weight excluding hydrogens is 258 g/mol. The van der Waals surface area contributed by atoms with Crippen LogP contribution in [-0.4, -0.2) is 56.1 Å². The van der Waals surface area contributed by atoms with Crippen molar-refractivity contribution < 1.29 is 0 Å². The molecule has 0 amide bonds. The van der Waals surface area contributed by atoms with Crippen LogP contribution in [0.2, 0.25) is 0 Å². The Balaban J connectivity index is 2.03. The first-order valence-electron chi connectivity index (χ1n) is 8.24. The van der Waals surface area contributed by atoms with E-state index in [0.29, 0.717) is 6.04 Å². The quantitative estimate of drug-likeness (QED) is 0.868. The van der Waals surface area contributed by atoms with Crippen LogP contribution in [0, 0.1) is 0 Å². The van der Waals surface area contributed by atoms with Crippen molar-refractivity contribution in [1.29, 1.82) is 0 Å². The fourth-order valence-corrected chi connectivity index (χ4v) is 3.32. The summed E-state index contributed by atoms with van der Waals surface area (Å²) in [6.07, 6.45) is 2.47. The highest BCUT2D eigenvalue weighted by Crippen LogP contribution is 2.27. The third-order valence-corrected chi connectivity index (χ3v) is 4.70. The normalized spacial score (nSPS) is 27.2. The average Bonchev–Trinajstić information content (AvgIpc) is 2.48. The molecular formula is C18H31N3. The highest BCUT2D eigenvalue weighted by molar-refractivity contribution is 5.25. The van der Waals surface area contributed by atoms with Crippen LogP contribution in [0.3, 0.4) is 0 Å². The van der Waals surface area contributed by atoms with E-state index in [2.05, 4.69) is 73.4 Å². The lowest BCUT2D eigenvalue weighted by Crippen LogP contribution is -2.61. The summed E-state index contributed by atoms with van der Waals surface area (Å²) in [5.41, 5.74) is 1.47. The lowest BCUT2D eigenvalue weighted by atomic mass is 9.87. The van der Waals surface area contributed by atoms with E-state index >= 15 is 0 Å². The monoisotopic (exact) mass is 289 g/mol. The van der Waals surface area contributed by atoms with Crippen molar-refractivity contribution in [3.63, 3.8) is 0 Å². The van der Waals surface area contributed by atoms with E-state index in [-0.39, 0.29) is 5.54 Å². The Morgan fingerprint density at radius 3 is 2.62 bits per heavy atom. The lowest BCUT2D eigenvalue weighted by Gasteiger charge is -2.46. The number of nitrogens with one attached hydrogen (secondary N) is 1. The summed E-state index contributed by atoms with van der Waals surface area (Å²) < 4.78 is 0. The van der Waals surface area contributed by atoms with Crippen LogP contribution in [0.5, 0.6) is 0 Å². The highest BCUT2D eigenvalue weighted by atomic mass is 15.3. The molecule has 3 nitrogen and oxygen atoms in total. The topological polar surface area (TPSA) is 18.5 Å². The third-order valence-electron chi connectivity index (χ3n) is 4.70. The van der Waals surface area contributed by atoms with E-state index < -0.39 is 0 Å². The van der Waals surface area contributed by atoms with Crippen LogP contribution in [-0.2, 0) is 5.54 Å². The van der Waals surface area contributed by atoms with E-state index in [9.17, 15) is 0 Å². The Morgan fingerprint density at radius 1 is 1.29 bits per heavy atom. The molecule has 1 saturated heterocycles. The molecule has 1 heterocycles. The van der Waals surface area contributed by atoms with Gasteiger partial charge in [-0.15, -0.1) is 0 Å². The maximum absolute atomic E-state index is 3.79. The maximum Gasteiger partial charge on any atom is 0.0535 e. The van der Waals surface area contributed by atoms with Gasteiger partial charge in [0.1, 0.15) is 0 Å². The zero-order valence-corrected chi connectivity index (χ0v) is 14.1. The van der Waals surface area contributed by atoms with Gasteiger partial charge in [-0.05, 0) is 52.5 Å². The Labute approximate surface area is 130 Å². The first-order valence-corrected chi connectivity index (χ1v) is 8.24. The predicted octanol–water partition coefficient (Wildman–Crippen LogP) is 2.54. The smallest absolute Gasteiger partial charge is 0.0535 e. The maximum atomic E-state index is 3.79. The molecule has 1 aliphatic heterocycles. The van der Waals surface area contributed by atoms with Gasteiger partial charge in [0, 0.05) is 19.1 Å². The van der Waals surface area contributed by atoms with Crippen LogP contribution in [0.15, 0.2) is 30.3 Å². The zero-order chi connectivity index (χ0) is 15.3. The van der Waals surface area contributed by atoms with Gasteiger partial charge in [-0.3, -0.25) is 4.90 Å². The fraction of sp³-hybridized carbons (Fsp3) is 0.667. The van der Waals surface area contributed by atoms with Gasteiger partial charge in [0.25, 0.3) is 0 Å². The summed E-state index contributed by atoms with van der Waals surface area (Å²) in [6.45, 7) is 9.19. The SMILES string of the molecule is CCC1CNC(C)(c2ccccc2)CN1CCCN(C)C. The predicted molar refractivity (Wildman–Crippen MR) is 90.6 cm³/mol. The summed E-state index contributed by atoms with van der Waals surface area (Å²) in [5, 5.41) is 3.79. The summed E-state index contributed by atoms with van der Waals surface area (Å²) in [4.78, 5) is 4.96. The zero-order valence-electron chi connectivity index (χ0n) is 14.1. The van der Waals surface area contributed by atoms with E-state index in [0.717, 1.165) is 13.1 Å². The van der Waals surface area contributed by atoms with Gasteiger partial charge >= 0.3 is 0 Å². The van der Waals surface area contributed by atoms with Crippen LogP contribution in [0.1, 0.15) is 32.3 Å². The second-order valence-electron chi connectivity index (χ2n) is 6.77. The first kappa shape index (κ1) is 16.5. The largest absolute Gasteiger partial charge is 0.309 e. The number of hydrogen-bond donors (Lipinski definition) is 1. The Hall–Kier alpha value is -0.900.